The Kier molecular flexibility index (Phi) is 6.24. The second kappa shape index (κ2) is 7.02. The number of rotatable bonds is 6. The van der Waals surface area contributed by atoms with Crippen LogP contribution in [-0.2, 0) is 4.74 Å². The molecule has 4 heteroatoms. The molecule has 0 radical (unpaired) electrons. The fourth-order valence-corrected chi connectivity index (χ4v) is 2.53. The van der Waals surface area contributed by atoms with Crippen LogP contribution in [0.1, 0.15) is 47.0 Å². The van der Waals surface area contributed by atoms with Crippen LogP contribution in [0.3, 0.4) is 0 Å². The Morgan fingerprint density at radius 1 is 1.26 bits per heavy atom. The third-order valence-corrected chi connectivity index (χ3v) is 4.18. The summed E-state index contributed by atoms with van der Waals surface area (Å²) in [5.74, 6) is 0. The number of piperidine rings is 1. The fraction of sp³-hybridized carbons (Fsp3) is 1.00. The molecule has 2 N–H and O–H groups in total. The maximum absolute atomic E-state index is 9.99. The van der Waals surface area contributed by atoms with E-state index in [9.17, 15) is 10.2 Å². The van der Waals surface area contributed by atoms with Gasteiger partial charge >= 0.3 is 0 Å². The predicted octanol–water partition coefficient (Wildman–Crippen LogP) is 1.65. The highest BCUT2D eigenvalue weighted by molar-refractivity contribution is 4.85. The fourth-order valence-electron chi connectivity index (χ4n) is 2.53. The summed E-state index contributed by atoms with van der Waals surface area (Å²) in [6.07, 6.45) is 2.65. The molecule has 1 unspecified atom stereocenters. The quantitative estimate of drug-likeness (QED) is 0.772. The van der Waals surface area contributed by atoms with Crippen molar-refractivity contribution in [3.05, 3.63) is 0 Å². The van der Waals surface area contributed by atoms with Crippen LogP contribution in [0.2, 0.25) is 0 Å². The zero-order valence-corrected chi connectivity index (χ0v) is 13.0. The Hall–Kier alpha value is -0.160. The number of likely N-dealkylation sites (tertiary alicyclic amines) is 1. The standard InChI is InChI=1S/C15H31NO3/c1-5-15(12-17)6-8-16(9-7-15)10-13(18)11-19-14(2,3)4/h13,17-18H,5-12H2,1-4H3. The molecule has 19 heavy (non-hydrogen) atoms. The molecule has 1 saturated heterocycles. The molecule has 114 valence electrons. The minimum absolute atomic E-state index is 0.114. The van der Waals surface area contributed by atoms with E-state index in [4.69, 9.17) is 4.74 Å². The Morgan fingerprint density at radius 2 is 1.84 bits per heavy atom. The first-order chi connectivity index (χ1) is 8.80. The maximum atomic E-state index is 9.99. The Balaban J connectivity index is 2.29. The van der Waals surface area contributed by atoms with Crippen LogP contribution >= 0.6 is 0 Å². The van der Waals surface area contributed by atoms with Crippen LogP contribution < -0.4 is 0 Å². The Morgan fingerprint density at radius 3 is 2.26 bits per heavy atom. The van der Waals surface area contributed by atoms with Crippen molar-refractivity contribution in [1.29, 1.82) is 0 Å². The molecule has 1 aliphatic heterocycles. The summed E-state index contributed by atoms with van der Waals surface area (Å²) in [6.45, 7) is 11.4. The molecule has 0 amide bonds. The van der Waals surface area contributed by atoms with Crippen molar-refractivity contribution in [2.75, 3.05) is 32.8 Å². The number of aliphatic hydroxyl groups excluding tert-OH is 2. The molecule has 0 aliphatic carbocycles. The molecule has 0 aromatic rings. The summed E-state index contributed by atoms with van der Waals surface area (Å²) in [5.41, 5.74) is -0.0828. The smallest absolute Gasteiger partial charge is 0.0900 e. The summed E-state index contributed by atoms with van der Waals surface area (Å²) in [7, 11) is 0. The number of hydrogen-bond acceptors (Lipinski definition) is 4. The molecule has 0 aromatic heterocycles. The van der Waals surface area contributed by atoms with Gasteiger partial charge in [-0.2, -0.15) is 0 Å². The molecule has 0 spiro atoms. The average Bonchev–Trinajstić information content (AvgIpc) is 2.37. The van der Waals surface area contributed by atoms with Gasteiger partial charge in [-0.05, 0) is 58.5 Å². The van der Waals surface area contributed by atoms with Crippen LogP contribution in [0.5, 0.6) is 0 Å². The van der Waals surface area contributed by atoms with E-state index in [-0.39, 0.29) is 17.6 Å². The molecular formula is C15H31NO3. The lowest BCUT2D eigenvalue weighted by Crippen LogP contribution is -2.45. The summed E-state index contributed by atoms with van der Waals surface area (Å²) in [6, 6.07) is 0. The predicted molar refractivity (Wildman–Crippen MR) is 77.2 cm³/mol. The van der Waals surface area contributed by atoms with Crippen LogP contribution in [0.25, 0.3) is 0 Å². The number of β-amino-alcohol motifs (C(OH)–C–C–N with tert-alkyl or cyclic N) is 1. The lowest BCUT2D eigenvalue weighted by Gasteiger charge is -2.40. The van der Waals surface area contributed by atoms with Crippen LogP contribution in [-0.4, -0.2) is 59.7 Å². The molecule has 1 atom stereocenters. The van der Waals surface area contributed by atoms with E-state index in [0.29, 0.717) is 13.2 Å². The molecule has 1 aliphatic rings. The highest BCUT2D eigenvalue weighted by Crippen LogP contribution is 2.34. The summed E-state index contributed by atoms with van der Waals surface area (Å²) in [4.78, 5) is 2.28. The van der Waals surface area contributed by atoms with Gasteiger partial charge in [0.1, 0.15) is 0 Å². The van der Waals surface area contributed by atoms with Gasteiger partial charge in [0, 0.05) is 13.2 Å². The van der Waals surface area contributed by atoms with E-state index in [2.05, 4.69) is 11.8 Å². The molecule has 4 nitrogen and oxygen atoms in total. The normalized spacial score (nSPS) is 22.4. The van der Waals surface area contributed by atoms with Gasteiger partial charge in [0.25, 0.3) is 0 Å². The SMILES string of the molecule is CCC1(CO)CCN(CC(O)COC(C)(C)C)CC1. The van der Waals surface area contributed by atoms with E-state index in [1.54, 1.807) is 0 Å². The first-order valence-electron chi connectivity index (χ1n) is 7.45. The van der Waals surface area contributed by atoms with Crippen LogP contribution in [0.4, 0.5) is 0 Å². The summed E-state index contributed by atoms with van der Waals surface area (Å²) in [5, 5.41) is 19.5. The second-order valence-corrected chi connectivity index (χ2v) is 6.89. The van der Waals surface area contributed by atoms with Gasteiger partial charge in [0.05, 0.1) is 18.3 Å². The van der Waals surface area contributed by atoms with E-state index in [1.165, 1.54) is 0 Å². The molecule has 1 heterocycles. The van der Waals surface area contributed by atoms with Crippen molar-refractivity contribution < 1.29 is 14.9 Å². The first kappa shape index (κ1) is 16.9. The molecule has 0 saturated carbocycles. The van der Waals surface area contributed by atoms with Gasteiger partial charge in [-0.1, -0.05) is 6.92 Å². The van der Waals surface area contributed by atoms with Gasteiger partial charge in [-0.15, -0.1) is 0 Å². The highest BCUT2D eigenvalue weighted by atomic mass is 16.5. The van der Waals surface area contributed by atoms with Gasteiger partial charge in [0.2, 0.25) is 0 Å². The second-order valence-electron chi connectivity index (χ2n) is 6.89. The van der Waals surface area contributed by atoms with Gasteiger partial charge in [0.15, 0.2) is 0 Å². The van der Waals surface area contributed by atoms with Crippen LogP contribution in [0.15, 0.2) is 0 Å². The number of nitrogens with zero attached hydrogens (tertiary/aromatic N) is 1. The number of ether oxygens (including phenoxy) is 1. The Labute approximate surface area is 117 Å². The van der Waals surface area contributed by atoms with Crippen molar-refractivity contribution in [2.45, 2.75) is 58.7 Å². The lowest BCUT2D eigenvalue weighted by molar-refractivity contribution is -0.0613. The average molecular weight is 273 g/mol. The largest absolute Gasteiger partial charge is 0.396 e. The zero-order valence-electron chi connectivity index (χ0n) is 13.0. The van der Waals surface area contributed by atoms with Crippen molar-refractivity contribution in [1.82, 2.24) is 4.90 Å². The van der Waals surface area contributed by atoms with Gasteiger partial charge in [-0.25, -0.2) is 0 Å². The van der Waals surface area contributed by atoms with Crippen molar-refractivity contribution >= 4 is 0 Å². The third-order valence-electron chi connectivity index (χ3n) is 4.18. The molecular weight excluding hydrogens is 242 g/mol. The molecule has 1 fully saturated rings. The summed E-state index contributed by atoms with van der Waals surface area (Å²) < 4.78 is 5.60. The third kappa shape index (κ3) is 5.78. The minimum atomic E-state index is -0.428. The molecule has 0 bridgehead atoms. The van der Waals surface area contributed by atoms with E-state index < -0.39 is 6.10 Å². The number of aliphatic hydroxyl groups is 2. The van der Waals surface area contributed by atoms with E-state index >= 15 is 0 Å². The first-order valence-corrected chi connectivity index (χ1v) is 7.45. The monoisotopic (exact) mass is 273 g/mol. The Bertz CT molecular complexity index is 249. The molecule has 0 aromatic carbocycles. The maximum Gasteiger partial charge on any atom is 0.0900 e. The van der Waals surface area contributed by atoms with Crippen molar-refractivity contribution in [3.8, 4) is 0 Å². The van der Waals surface area contributed by atoms with Gasteiger partial charge < -0.3 is 19.8 Å². The van der Waals surface area contributed by atoms with Crippen molar-refractivity contribution in [3.63, 3.8) is 0 Å². The lowest BCUT2D eigenvalue weighted by atomic mass is 9.77. The summed E-state index contributed by atoms with van der Waals surface area (Å²) >= 11 is 0. The van der Waals surface area contributed by atoms with Crippen LogP contribution in [0, 0.1) is 5.41 Å². The zero-order chi connectivity index (χ0) is 14.5. The van der Waals surface area contributed by atoms with Gasteiger partial charge in [-0.3, -0.25) is 0 Å². The van der Waals surface area contributed by atoms with E-state index in [1.807, 2.05) is 20.8 Å². The molecule has 1 rings (SSSR count). The minimum Gasteiger partial charge on any atom is -0.396 e. The topological polar surface area (TPSA) is 52.9 Å². The van der Waals surface area contributed by atoms with E-state index in [0.717, 1.165) is 32.4 Å². The van der Waals surface area contributed by atoms with Crippen molar-refractivity contribution in [2.24, 2.45) is 5.41 Å². The highest BCUT2D eigenvalue weighted by Gasteiger charge is 2.32. The number of hydrogen-bond donors (Lipinski definition) is 2.